The summed E-state index contributed by atoms with van der Waals surface area (Å²) < 4.78 is 0. The lowest BCUT2D eigenvalue weighted by atomic mass is 10.1. The third-order valence-corrected chi connectivity index (χ3v) is 3.08. The van der Waals surface area contributed by atoms with Crippen LogP contribution in [0.15, 0.2) is 18.2 Å². The Bertz CT molecular complexity index is 412. The Morgan fingerprint density at radius 1 is 1.59 bits per heavy atom. The molecule has 0 saturated carbocycles. The van der Waals surface area contributed by atoms with Crippen LogP contribution in [0.2, 0.25) is 0 Å². The van der Waals surface area contributed by atoms with E-state index in [2.05, 4.69) is 10.6 Å². The highest BCUT2D eigenvalue weighted by Gasteiger charge is 2.17. The molecule has 1 heterocycles. The van der Waals surface area contributed by atoms with Crippen LogP contribution in [0.5, 0.6) is 5.75 Å². The third kappa shape index (κ3) is 3.20. The molecule has 1 amide bonds. The van der Waals surface area contributed by atoms with E-state index in [1.165, 1.54) is 0 Å². The third-order valence-electron chi connectivity index (χ3n) is 3.08. The topological polar surface area (TPSA) is 61.4 Å². The van der Waals surface area contributed by atoms with Crippen molar-refractivity contribution >= 4 is 11.6 Å². The van der Waals surface area contributed by atoms with Gasteiger partial charge in [-0.05, 0) is 50.1 Å². The highest BCUT2D eigenvalue weighted by molar-refractivity contribution is 5.91. The van der Waals surface area contributed by atoms with E-state index in [1.54, 1.807) is 18.2 Å². The molecule has 4 heteroatoms. The van der Waals surface area contributed by atoms with Gasteiger partial charge >= 0.3 is 0 Å². The van der Waals surface area contributed by atoms with Crippen molar-refractivity contribution in [2.75, 3.05) is 11.9 Å². The number of benzene rings is 1. The molecule has 0 spiro atoms. The van der Waals surface area contributed by atoms with Gasteiger partial charge in [0.1, 0.15) is 5.75 Å². The summed E-state index contributed by atoms with van der Waals surface area (Å²) in [6.45, 7) is 2.87. The van der Waals surface area contributed by atoms with Crippen molar-refractivity contribution in [3.63, 3.8) is 0 Å². The molecule has 0 aromatic heterocycles. The van der Waals surface area contributed by atoms with Crippen molar-refractivity contribution in [2.24, 2.45) is 0 Å². The fraction of sp³-hybridized carbons (Fsp3) is 0.462. The molecule has 2 rings (SSSR count). The number of aryl methyl sites for hydroxylation is 1. The van der Waals surface area contributed by atoms with Crippen molar-refractivity contribution in [2.45, 2.75) is 32.2 Å². The molecule has 92 valence electrons. The second kappa shape index (κ2) is 5.19. The van der Waals surface area contributed by atoms with Gasteiger partial charge < -0.3 is 15.7 Å². The number of amides is 1. The molecule has 0 bridgehead atoms. The summed E-state index contributed by atoms with van der Waals surface area (Å²) >= 11 is 0. The average molecular weight is 234 g/mol. The van der Waals surface area contributed by atoms with Gasteiger partial charge in [-0.15, -0.1) is 0 Å². The van der Waals surface area contributed by atoms with Gasteiger partial charge in [0.25, 0.3) is 0 Å². The molecule has 1 unspecified atom stereocenters. The highest BCUT2D eigenvalue weighted by atomic mass is 16.3. The van der Waals surface area contributed by atoms with Crippen molar-refractivity contribution in [1.29, 1.82) is 0 Å². The zero-order valence-corrected chi connectivity index (χ0v) is 9.99. The summed E-state index contributed by atoms with van der Waals surface area (Å²) in [4.78, 5) is 11.8. The number of aromatic hydroxyl groups is 1. The zero-order chi connectivity index (χ0) is 12.3. The maximum Gasteiger partial charge on any atom is 0.225 e. The van der Waals surface area contributed by atoms with Crippen molar-refractivity contribution in [1.82, 2.24) is 5.32 Å². The molecule has 0 aliphatic carbocycles. The zero-order valence-electron chi connectivity index (χ0n) is 9.99. The van der Waals surface area contributed by atoms with E-state index in [4.69, 9.17) is 0 Å². The molecule has 1 aliphatic rings. The Kier molecular flexibility index (Phi) is 3.64. The maximum absolute atomic E-state index is 11.8. The molecule has 1 aliphatic heterocycles. The first kappa shape index (κ1) is 11.9. The fourth-order valence-electron chi connectivity index (χ4n) is 2.14. The summed E-state index contributed by atoms with van der Waals surface area (Å²) in [6.07, 6.45) is 2.73. The summed E-state index contributed by atoms with van der Waals surface area (Å²) in [5.41, 5.74) is 1.64. The van der Waals surface area contributed by atoms with Gasteiger partial charge in [0.15, 0.2) is 0 Å². The van der Waals surface area contributed by atoms with Gasteiger partial charge in [-0.2, -0.15) is 0 Å². The maximum atomic E-state index is 11.8. The molecule has 1 atom stereocenters. The van der Waals surface area contributed by atoms with E-state index in [0.717, 1.165) is 30.6 Å². The quantitative estimate of drug-likeness (QED) is 0.699. The number of phenolic OH excluding ortho intramolecular Hbond substituents is 1. The normalized spacial score (nSPS) is 19.2. The van der Waals surface area contributed by atoms with Gasteiger partial charge in [0.05, 0.1) is 0 Å². The summed E-state index contributed by atoms with van der Waals surface area (Å²) in [5.74, 6) is 0.246. The predicted molar refractivity (Wildman–Crippen MR) is 67.1 cm³/mol. The number of carbonyl (C=O) groups excluding carboxylic acids is 1. The standard InChI is InChI=1S/C13H18N2O2/c1-9-7-11(16)4-5-12(9)15-13(17)8-10-3-2-6-14-10/h4-5,7,10,14,16H,2-3,6,8H2,1H3,(H,15,17). The largest absolute Gasteiger partial charge is 0.508 e. The van der Waals surface area contributed by atoms with E-state index in [0.29, 0.717) is 12.5 Å². The van der Waals surface area contributed by atoms with Crippen LogP contribution < -0.4 is 10.6 Å². The highest BCUT2D eigenvalue weighted by Crippen LogP contribution is 2.20. The minimum atomic E-state index is 0.0261. The fourth-order valence-corrected chi connectivity index (χ4v) is 2.14. The lowest BCUT2D eigenvalue weighted by Gasteiger charge is -2.12. The molecular formula is C13H18N2O2. The Balaban J connectivity index is 1.93. The van der Waals surface area contributed by atoms with Crippen LogP contribution in [0, 0.1) is 6.92 Å². The molecule has 4 nitrogen and oxygen atoms in total. The van der Waals surface area contributed by atoms with E-state index in [9.17, 15) is 9.90 Å². The molecule has 3 N–H and O–H groups in total. The minimum absolute atomic E-state index is 0.0261. The monoisotopic (exact) mass is 234 g/mol. The number of rotatable bonds is 3. The lowest BCUT2D eigenvalue weighted by Crippen LogP contribution is -2.27. The van der Waals surface area contributed by atoms with E-state index < -0.39 is 0 Å². The lowest BCUT2D eigenvalue weighted by molar-refractivity contribution is -0.116. The summed E-state index contributed by atoms with van der Waals surface area (Å²) in [7, 11) is 0. The van der Waals surface area contributed by atoms with Crippen LogP contribution >= 0.6 is 0 Å². The van der Waals surface area contributed by atoms with E-state index >= 15 is 0 Å². The van der Waals surface area contributed by atoms with Crippen LogP contribution in [0.4, 0.5) is 5.69 Å². The van der Waals surface area contributed by atoms with Gasteiger partial charge in [-0.3, -0.25) is 4.79 Å². The van der Waals surface area contributed by atoms with E-state index in [1.807, 2.05) is 6.92 Å². The molecule has 17 heavy (non-hydrogen) atoms. The summed E-state index contributed by atoms with van der Waals surface area (Å²) in [5, 5.41) is 15.4. The number of hydrogen-bond donors (Lipinski definition) is 3. The first-order valence-electron chi connectivity index (χ1n) is 5.98. The Hall–Kier alpha value is -1.55. The molecule has 1 saturated heterocycles. The van der Waals surface area contributed by atoms with Crippen molar-refractivity contribution < 1.29 is 9.90 Å². The predicted octanol–water partition coefficient (Wildman–Crippen LogP) is 1.78. The SMILES string of the molecule is Cc1cc(O)ccc1NC(=O)CC1CCCN1. The molecular weight excluding hydrogens is 216 g/mol. The van der Waals surface area contributed by atoms with E-state index in [-0.39, 0.29) is 11.7 Å². The van der Waals surface area contributed by atoms with Gasteiger partial charge in [-0.1, -0.05) is 0 Å². The number of hydrogen-bond acceptors (Lipinski definition) is 3. The van der Waals surface area contributed by atoms with Gasteiger partial charge in [-0.25, -0.2) is 0 Å². The van der Waals surface area contributed by atoms with Crippen molar-refractivity contribution in [3.8, 4) is 5.75 Å². The number of nitrogens with one attached hydrogen (secondary N) is 2. The number of carbonyl (C=O) groups is 1. The number of anilines is 1. The molecule has 1 fully saturated rings. The second-order valence-electron chi connectivity index (χ2n) is 4.54. The molecule has 1 aromatic rings. The smallest absolute Gasteiger partial charge is 0.225 e. The van der Waals surface area contributed by atoms with Crippen LogP contribution in [0.3, 0.4) is 0 Å². The van der Waals surface area contributed by atoms with Gasteiger partial charge in [0.2, 0.25) is 5.91 Å². The first-order valence-corrected chi connectivity index (χ1v) is 5.98. The van der Waals surface area contributed by atoms with Crippen LogP contribution in [-0.4, -0.2) is 23.6 Å². The Morgan fingerprint density at radius 3 is 3.06 bits per heavy atom. The summed E-state index contributed by atoms with van der Waals surface area (Å²) in [6, 6.07) is 5.26. The first-order chi connectivity index (χ1) is 8.15. The van der Waals surface area contributed by atoms with Crippen LogP contribution in [0.1, 0.15) is 24.8 Å². The Morgan fingerprint density at radius 2 is 2.41 bits per heavy atom. The van der Waals surface area contributed by atoms with Crippen molar-refractivity contribution in [3.05, 3.63) is 23.8 Å². The molecule has 1 aromatic carbocycles. The van der Waals surface area contributed by atoms with Gasteiger partial charge in [0, 0.05) is 18.2 Å². The average Bonchev–Trinajstić information content (AvgIpc) is 2.75. The van der Waals surface area contributed by atoms with Crippen LogP contribution in [-0.2, 0) is 4.79 Å². The van der Waals surface area contributed by atoms with Crippen LogP contribution in [0.25, 0.3) is 0 Å². The Labute approximate surface area is 101 Å². The second-order valence-corrected chi connectivity index (χ2v) is 4.54. The molecule has 0 radical (unpaired) electrons. The number of phenols is 1. The minimum Gasteiger partial charge on any atom is -0.508 e.